The number of benzene rings is 1. The molecule has 1 fully saturated rings. The fourth-order valence-electron chi connectivity index (χ4n) is 4.86. The number of fused-ring (bicyclic) bond motifs is 1. The largest absolute Gasteiger partial charge is 0.487 e. The van der Waals surface area contributed by atoms with Crippen LogP contribution in [0.4, 0.5) is 0 Å². The highest BCUT2D eigenvalue weighted by Crippen LogP contribution is 2.34. The van der Waals surface area contributed by atoms with Crippen molar-refractivity contribution in [3.8, 4) is 17.6 Å². The minimum Gasteiger partial charge on any atom is -0.487 e. The van der Waals surface area contributed by atoms with Gasteiger partial charge in [0, 0.05) is 49.1 Å². The van der Waals surface area contributed by atoms with Gasteiger partial charge >= 0.3 is 0 Å². The fraction of sp³-hybridized carbons (Fsp3) is 0.500. The maximum Gasteiger partial charge on any atom is 0.253 e. The maximum absolute atomic E-state index is 13.7. The first kappa shape index (κ1) is 28.0. The predicted molar refractivity (Wildman–Crippen MR) is 142 cm³/mol. The standard InChI is InChI=1S/C28H35N3O6S/c1-20-17-31(21(2)19-32)38(35,36)26-7-6-22(8-13-28(34)11-4-5-12-28)16-24(26)37-25(20)18-30(3)27(33)23-9-14-29-15-10-23/h6-7,9-10,14-16,20-21,25,32,34H,4-5,11-12,17-19H2,1-3H3/t20-,21-,25+/m0/s1. The highest BCUT2D eigenvalue weighted by atomic mass is 32.2. The van der Waals surface area contributed by atoms with Crippen molar-refractivity contribution in [3.05, 3.63) is 53.9 Å². The summed E-state index contributed by atoms with van der Waals surface area (Å²) in [6.07, 6.45) is 5.62. The smallest absolute Gasteiger partial charge is 0.253 e. The minimum absolute atomic E-state index is 0.0251. The molecule has 1 aliphatic carbocycles. The predicted octanol–water partition coefficient (Wildman–Crippen LogP) is 2.28. The van der Waals surface area contributed by atoms with Crippen LogP contribution in [0.15, 0.2) is 47.6 Å². The van der Waals surface area contributed by atoms with E-state index in [1.54, 1.807) is 55.5 Å². The second-order valence-corrected chi connectivity index (χ2v) is 12.2. The molecule has 0 unspecified atom stereocenters. The Morgan fingerprint density at radius 3 is 2.61 bits per heavy atom. The van der Waals surface area contributed by atoms with Gasteiger partial charge in [-0.05, 0) is 62.9 Å². The van der Waals surface area contributed by atoms with Gasteiger partial charge in [-0.2, -0.15) is 4.31 Å². The first-order valence-corrected chi connectivity index (χ1v) is 14.3. The third-order valence-corrected chi connectivity index (χ3v) is 9.28. The van der Waals surface area contributed by atoms with Gasteiger partial charge in [0.15, 0.2) is 0 Å². The summed E-state index contributed by atoms with van der Waals surface area (Å²) < 4.78 is 35.0. The summed E-state index contributed by atoms with van der Waals surface area (Å²) in [5.41, 5.74) is -0.0198. The molecule has 2 heterocycles. The van der Waals surface area contributed by atoms with Gasteiger partial charge in [0.05, 0.1) is 13.2 Å². The molecule has 0 bridgehead atoms. The molecule has 2 aromatic rings. The number of hydrogen-bond donors (Lipinski definition) is 2. The van der Waals surface area contributed by atoms with Crippen LogP contribution >= 0.6 is 0 Å². The number of amides is 1. The van der Waals surface area contributed by atoms with E-state index in [-0.39, 0.29) is 42.2 Å². The molecule has 0 saturated heterocycles. The van der Waals surface area contributed by atoms with E-state index < -0.39 is 27.8 Å². The molecule has 2 N–H and O–H groups in total. The minimum atomic E-state index is -3.99. The van der Waals surface area contributed by atoms with Gasteiger partial charge in [0.2, 0.25) is 10.0 Å². The molecule has 3 atom stereocenters. The molecule has 2 aliphatic rings. The summed E-state index contributed by atoms with van der Waals surface area (Å²) in [6, 6.07) is 7.26. The van der Waals surface area contributed by atoms with E-state index in [0.717, 1.165) is 12.8 Å². The van der Waals surface area contributed by atoms with Gasteiger partial charge in [-0.25, -0.2) is 8.42 Å². The van der Waals surface area contributed by atoms with Crippen molar-refractivity contribution in [2.75, 3.05) is 26.7 Å². The molecule has 38 heavy (non-hydrogen) atoms. The molecule has 204 valence electrons. The number of sulfonamides is 1. The number of hydrogen-bond acceptors (Lipinski definition) is 7. The fourth-order valence-corrected chi connectivity index (χ4v) is 6.69. The van der Waals surface area contributed by atoms with Crippen LogP contribution in [-0.4, -0.2) is 83.2 Å². The van der Waals surface area contributed by atoms with Crippen LogP contribution in [0, 0.1) is 17.8 Å². The van der Waals surface area contributed by atoms with Crippen LogP contribution < -0.4 is 4.74 Å². The number of aliphatic hydroxyl groups is 2. The summed E-state index contributed by atoms with van der Waals surface area (Å²) >= 11 is 0. The Morgan fingerprint density at radius 2 is 1.95 bits per heavy atom. The summed E-state index contributed by atoms with van der Waals surface area (Å²) in [7, 11) is -2.32. The highest BCUT2D eigenvalue weighted by Gasteiger charge is 2.38. The first-order valence-electron chi connectivity index (χ1n) is 12.9. The third kappa shape index (κ3) is 6.02. The van der Waals surface area contributed by atoms with E-state index in [1.165, 1.54) is 10.4 Å². The number of nitrogens with zero attached hydrogens (tertiary/aromatic N) is 3. The number of ether oxygens (including phenoxy) is 1. The van der Waals surface area contributed by atoms with E-state index >= 15 is 0 Å². The third-order valence-electron chi connectivity index (χ3n) is 7.27. The molecule has 0 spiro atoms. The highest BCUT2D eigenvalue weighted by molar-refractivity contribution is 7.89. The molecular formula is C28H35N3O6S. The summed E-state index contributed by atoms with van der Waals surface area (Å²) in [5, 5.41) is 20.5. The Bertz CT molecular complexity index is 1320. The van der Waals surface area contributed by atoms with Crippen LogP contribution in [0.2, 0.25) is 0 Å². The van der Waals surface area contributed by atoms with Crippen LogP contribution in [-0.2, 0) is 10.0 Å². The second kappa shape index (κ2) is 11.4. The monoisotopic (exact) mass is 541 g/mol. The Kier molecular flexibility index (Phi) is 8.43. The van der Waals surface area contributed by atoms with Crippen molar-refractivity contribution in [3.63, 3.8) is 0 Å². The Balaban J connectivity index is 1.71. The Labute approximate surface area is 224 Å². The SMILES string of the molecule is C[C@H]1CN([C@@H](C)CO)S(=O)(=O)c2ccc(C#CC3(O)CCCC3)cc2O[C@@H]1CN(C)C(=O)c1ccncc1. The topological polar surface area (TPSA) is 120 Å². The van der Waals surface area contributed by atoms with Crippen LogP contribution in [0.25, 0.3) is 0 Å². The van der Waals surface area contributed by atoms with Gasteiger partial charge in [-0.3, -0.25) is 9.78 Å². The van der Waals surface area contributed by atoms with Crippen molar-refractivity contribution < 1.29 is 28.2 Å². The molecular weight excluding hydrogens is 506 g/mol. The van der Waals surface area contributed by atoms with Crippen molar-refractivity contribution in [1.29, 1.82) is 0 Å². The molecule has 9 nitrogen and oxygen atoms in total. The molecule has 0 radical (unpaired) electrons. The number of carbonyl (C=O) groups excluding carboxylic acids is 1. The summed E-state index contributed by atoms with van der Waals surface area (Å²) in [4.78, 5) is 18.5. The number of pyridine rings is 1. The summed E-state index contributed by atoms with van der Waals surface area (Å²) in [6.45, 7) is 3.50. The van der Waals surface area contributed by atoms with Gasteiger partial charge in [0.1, 0.15) is 22.4 Å². The lowest BCUT2D eigenvalue weighted by atomic mass is 10.0. The number of aliphatic hydroxyl groups excluding tert-OH is 1. The number of likely N-dealkylation sites (N-methyl/N-ethyl adjacent to an activating group) is 1. The summed E-state index contributed by atoms with van der Waals surface area (Å²) in [5.74, 6) is 5.56. The normalized spacial score (nSPS) is 23.1. The van der Waals surface area contributed by atoms with E-state index in [2.05, 4.69) is 16.8 Å². The van der Waals surface area contributed by atoms with E-state index in [4.69, 9.17) is 4.74 Å². The van der Waals surface area contributed by atoms with Gasteiger partial charge in [0.25, 0.3) is 5.91 Å². The second-order valence-electron chi connectivity index (χ2n) is 10.3. The molecule has 1 aliphatic heterocycles. The van der Waals surface area contributed by atoms with Crippen molar-refractivity contribution in [1.82, 2.24) is 14.2 Å². The van der Waals surface area contributed by atoms with Gasteiger partial charge < -0.3 is 19.8 Å². The van der Waals surface area contributed by atoms with E-state index in [0.29, 0.717) is 24.0 Å². The van der Waals surface area contributed by atoms with Gasteiger partial charge in [-0.15, -0.1) is 0 Å². The maximum atomic E-state index is 13.7. The van der Waals surface area contributed by atoms with Crippen molar-refractivity contribution in [2.24, 2.45) is 5.92 Å². The zero-order valence-electron chi connectivity index (χ0n) is 22.0. The lowest BCUT2D eigenvalue weighted by molar-refractivity contribution is 0.0563. The number of rotatable bonds is 5. The number of aromatic nitrogens is 1. The molecule has 1 aromatic heterocycles. The van der Waals surface area contributed by atoms with Crippen LogP contribution in [0.5, 0.6) is 5.75 Å². The number of carbonyl (C=O) groups is 1. The molecule has 10 heteroatoms. The van der Waals surface area contributed by atoms with Crippen LogP contribution in [0.3, 0.4) is 0 Å². The quantitative estimate of drug-likeness (QED) is 0.557. The molecule has 1 amide bonds. The van der Waals surface area contributed by atoms with E-state index in [9.17, 15) is 23.4 Å². The average Bonchev–Trinajstić information content (AvgIpc) is 3.35. The Morgan fingerprint density at radius 1 is 1.26 bits per heavy atom. The Hall–Kier alpha value is -2.97. The molecule has 1 aromatic carbocycles. The zero-order valence-corrected chi connectivity index (χ0v) is 22.8. The van der Waals surface area contributed by atoms with Crippen molar-refractivity contribution >= 4 is 15.9 Å². The molecule has 4 rings (SSSR count). The van der Waals surface area contributed by atoms with Crippen molar-refractivity contribution in [2.45, 2.75) is 62.2 Å². The van der Waals surface area contributed by atoms with E-state index in [1.807, 2.05) is 6.92 Å². The van der Waals surface area contributed by atoms with Crippen LogP contribution in [0.1, 0.15) is 55.5 Å². The first-order chi connectivity index (χ1) is 18.0. The molecule has 1 saturated carbocycles. The zero-order chi connectivity index (χ0) is 27.5. The van der Waals surface area contributed by atoms with Gasteiger partial charge in [-0.1, -0.05) is 18.8 Å². The average molecular weight is 542 g/mol. The lowest BCUT2D eigenvalue weighted by Gasteiger charge is -2.37. The lowest BCUT2D eigenvalue weighted by Crippen LogP contribution is -2.50.